The number of hydrogen-bond donors (Lipinski definition) is 0. The molecule has 0 N–H and O–H groups in total. The van der Waals surface area contributed by atoms with Gasteiger partial charge in [0.2, 0.25) is 0 Å². The van der Waals surface area contributed by atoms with E-state index in [1.54, 1.807) is 6.92 Å². The Morgan fingerprint density at radius 3 is 1.77 bits per heavy atom. The maximum absolute atomic E-state index is 12.7. The van der Waals surface area contributed by atoms with E-state index in [0.717, 1.165) is 0 Å². The minimum Gasteiger partial charge on any atom is -0.459 e. The number of ether oxygens (including phenoxy) is 2. The molecule has 0 saturated heterocycles. The van der Waals surface area contributed by atoms with E-state index in [-0.39, 0.29) is 23.7 Å². The molecule has 0 aliphatic rings. The highest BCUT2D eigenvalue weighted by Gasteiger charge is 2.43. The first-order valence-electron chi connectivity index (χ1n) is 8.97. The van der Waals surface area contributed by atoms with Crippen LogP contribution in [-0.2, 0) is 19.1 Å². The van der Waals surface area contributed by atoms with E-state index in [0.29, 0.717) is 6.42 Å². The Morgan fingerprint density at radius 2 is 1.42 bits per heavy atom. The molecule has 0 amide bonds. The molecule has 0 bridgehead atoms. The second kappa shape index (κ2) is 9.09. The van der Waals surface area contributed by atoms with Gasteiger partial charge in [-0.25, -0.2) is 0 Å². The van der Waals surface area contributed by atoms with E-state index < -0.39 is 36.2 Å². The summed E-state index contributed by atoms with van der Waals surface area (Å²) in [4.78, 5) is 24.8. The standard InChI is InChI=1S/C19H33F3O4/c1-9-13(15(23)25-11-19(20,21)22)18(7,8)26-16(24)14(10-12(2)3)17(4,5)6/h12-14H,9-11H2,1-8H3. The van der Waals surface area contributed by atoms with E-state index in [9.17, 15) is 22.8 Å². The number of carbonyl (C=O) groups is 2. The van der Waals surface area contributed by atoms with E-state index in [1.807, 2.05) is 34.6 Å². The fourth-order valence-electron chi connectivity index (χ4n) is 2.87. The van der Waals surface area contributed by atoms with Gasteiger partial charge in [0.1, 0.15) is 5.60 Å². The SMILES string of the molecule is CCC(C(=O)OCC(F)(F)F)C(C)(C)OC(=O)C(CC(C)C)C(C)(C)C. The van der Waals surface area contributed by atoms with Crippen LogP contribution in [0.5, 0.6) is 0 Å². The van der Waals surface area contributed by atoms with Gasteiger partial charge in [-0.05, 0) is 38.0 Å². The van der Waals surface area contributed by atoms with Gasteiger partial charge in [0.15, 0.2) is 6.61 Å². The maximum atomic E-state index is 12.7. The summed E-state index contributed by atoms with van der Waals surface area (Å²) in [7, 11) is 0. The second-order valence-corrected chi connectivity index (χ2v) is 8.76. The zero-order valence-electron chi connectivity index (χ0n) is 17.1. The van der Waals surface area contributed by atoms with Crippen molar-refractivity contribution < 1.29 is 32.2 Å². The van der Waals surface area contributed by atoms with Gasteiger partial charge in [0.25, 0.3) is 0 Å². The highest BCUT2D eigenvalue weighted by molar-refractivity contribution is 5.77. The molecule has 4 nitrogen and oxygen atoms in total. The number of hydrogen-bond acceptors (Lipinski definition) is 4. The number of rotatable bonds is 8. The first kappa shape index (κ1) is 24.7. The molecule has 0 saturated carbocycles. The third-order valence-corrected chi connectivity index (χ3v) is 4.31. The van der Waals surface area contributed by atoms with Gasteiger partial charge in [0.05, 0.1) is 11.8 Å². The molecule has 0 aromatic heterocycles. The van der Waals surface area contributed by atoms with Crippen molar-refractivity contribution >= 4 is 11.9 Å². The summed E-state index contributed by atoms with van der Waals surface area (Å²) in [6.45, 7) is 12.9. The van der Waals surface area contributed by atoms with Crippen LogP contribution in [0, 0.1) is 23.2 Å². The minimum absolute atomic E-state index is 0.196. The zero-order valence-corrected chi connectivity index (χ0v) is 17.1. The third-order valence-electron chi connectivity index (χ3n) is 4.31. The van der Waals surface area contributed by atoms with Crippen molar-refractivity contribution in [3.63, 3.8) is 0 Å². The molecule has 0 rings (SSSR count). The lowest BCUT2D eigenvalue weighted by Crippen LogP contribution is -2.45. The van der Waals surface area contributed by atoms with Gasteiger partial charge in [-0.15, -0.1) is 0 Å². The molecule has 2 unspecified atom stereocenters. The average molecular weight is 382 g/mol. The maximum Gasteiger partial charge on any atom is 0.422 e. The van der Waals surface area contributed by atoms with Crippen molar-refractivity contribution in [2.24, 2.45) is 23.2 Å². The highest BCUT2D eigenvalue weighted by Crippen LogP contribution is 2.35. The Hall–Kier alpha value is -1.27. The van der Waals surface area contributed by atoms with Crippen LogP contribution in [0.25, 0.3) is 0 Å². The molecule has 0 radical (unpaired) electrons. The van der Waals surface area contributed by atoms with Crippen LogP contribution in [0.3, 0.4) is 0 Å². The van der Waals surface area contributed by atoms with Gasteiger partial charge in [-0.1, -0.05) is 41.5 Å². The lowest BCUT2D eigenvalue weighted by Gasteiger charge is -2.36. The number of alkyl halides is 3. The lowest BCUT2D eigenvalue weighted by atomic mass is 9.76. The van der Waals surface area contributed by atoms with Gasteiger partial charge < -0.3 is 9.47 Å². The first-order valence-corrected chi connectivity index (χ1v) is 8.97. The lowest BCUT2D eigenvalue weighted by molar-refractivity contribution is -0.198. The predicted octanol–water partition coefficient (Wildman–Crippen LogP) is 5.15. The summed E-state index contributed by atoms with van der Waals surface area (Å²) in [5, 5.41) is 0. The monoisotopic (exact) mass is 382 g/mol. The third kappa shape index (κ3) is 8.41. The molecule has 0 fully saturated rings. The van der Waals surface area contributed by atoms with Crippen LogP contribution >= 0.6 is 0 Å². The topological polar surface area (TPSA) is 52.6 Å². The molecule has 0 heterocycles. The summed E-state index contributed by atoms with van der Waals surface area (Å²) in [6, 6.07) is 0. The van der Waals surface area contributed by atoms with Crippen molar-refractivity contribution in [3.05, 3.63) is 0 Å². The van der Waals surface area contributed by atoms with Crippen molar-refractivity contribution in [1.82, 2.24) is 0 Å². The van der Waals surface area contributed by atoms with Crippen LogP contribution in [0.1, 0.15) is 68.2 Å². The zero-order chi connectivity index (χ0) is 20.9. The summed E-state index contributed by atoms with van der Waals surface area (Å²) >= 11 is 0. The molecular weight excluding hydrogens is 349 g/mol. The van der Waals surface area contributed by atoms with E-state index in [4.69, 9.17) is 4.74 Å². The van der Waals surface area contributed by atoms with Crippen LogP contribution in [0.2, 0.25) is 0 Å². The van der Waals surface area contributed by atoms with Gasteiger partial charge >= 0.3 is 18.1 Å². The molecule has 0 aliphatic carbocycles. The van der Waals surface area contributed by atoms with Crippen molar-refractivity contribution in [2.75, 3.05) is 6.61 Å². The summed E-state index contributed by atoms with van der Waals surface area (Å²) in [6.07, 6.45) is -3.78. The fraction of sp³-hybridized carbons (Fsp3) is 0.895. The smallest absolute Gasteiger partial charge is 0.422 e. The molecule has 7 heteroatoms. The number of carbonyl (C=O) groups excluding carboxylic acids is 2. The molecule has 154 valence electrons. The second-order valence-electron chi connectivity index (χ2n) is 8.76. The Morgan fingerprint density at radius 1 is 0.923 bits per heavy atom. The van der Waals surface area contributed by atoms with Crippen molar-refractivity contribution in [3.8, 4) is 0 Å². The molecule has 26 heavy (non-hydrogen) atoms. The van der Waals surface area contributed by atoms with Gasteiger partial charge in [-0.2, -0.15) is 13.2 Å². The molecule has 0 aromatic rings. The molecular formula is C19H33F3O4. The average Bonchev–Trinajstić information content (AvgIpc) is 2.40. The molecule has 0 spiro atoms. The Balaban J connectivity index is 5.25. The molecule has 2 atom stereocenters. The van der Waals surface area contributed by atoms with Crippen LogP contribution in [-0.4, -0.2) is 30.3 Å². The Kier molecular flexibility index (Phi) is 8.64. The Bertz CT molecular complexity index is 476. The van der Waals surface area contributed by atoms with Crippen LogP contribution in [0.15, 0.2) is 0 Å². The normalized spacial score (nSPS) is 15.5. The number of esters is 2. The van der Waals surface area contributed by atoms with Crippen molar-refractivity contribution in [2.45, 2.75) is 80.0 Å². The first-order chi connectivity index (χ1) is 11.5. The largest absolute Gasteiger partial charge is 0.459 e. The fourth-order valence-corrected chi connectivity index (χ4v) is 2.87. The molecule has 0 aromatic carbocycles. The highest BCUT2D eigenvalue weighted by atomic mass is 19.4. The van der Waals surface area contributed by atoms with Crippen LogP contribution in [0.4, 0.5) is 13.2 Å². The quantitative estimate of drug-likeness (QED) is 0.545. The number of halogens is 3. The van der Waals surface area contributed by atoms with Gasteiger partial charge in [0, 0.05) is 0 Å². The summed E-state index contributed by atoms with van der Waals surface area (Å²) in [5.41, 5.74) is -1.61. The Labute approximate surface area is 154 Å². The van der Waals surface area contributed by atoms with Gasteiger partial charge in [-0.3, -0.25) is 9.59 Å². The van der Waals surface area contributed by atoms with E-state index in [2.05, 4.69) is 4.74 Å². The van der Waals surface area contributed by atoms with E-state index >= 15 is 0 Å². The predicted molar refractivity (Wildman–Crippen MR) is 93.4 cm³/mol. The molecule has 0 aliphatic heterocycles. The van der Waals surface area contributed by atoms with Crippen LogP contribution < -0.4 is 0 Å². The minimum atomic E-state index is -4.59. The summed E-state index contributed by atoms with van der Waals surface area (Å²) < 4.78 is 46.8. The van der Waals surface area contributed by atoms with Crippen molar-refractivity contribution in [1.29, 1.82) is 0 Å². The van der Waals surface area contributed by atoms with E-state index in [1.165, 1.54) is 13.8 Å². The summed E-state index contributed by atoms with van der Waals surface area (Å²) in [5.74, 6) is -2.55.